The van der Waals surface area contributed by atoms with E-state index in [1.165, 1.54) is 34.9 Å². The van der Waals surface area contributed by atoms with Crippen LogP contribution in [-0.2, 0) is 17.9 Å². The third-order valence-electron chi connectivity index (χ3n) is 4.20. The lowest BCUT2D eigenvalue weighted by molar-refractivity contribution is -0.274. The Morgan fingerprint density at radius 1 is 1.28 bits per heavy atom. The summed E-state index contributed by atoms with van der Waals surface area (Å²) in [5.74, 6) is -0.957. The second-order valence-electron chi connectivity index (χ2n) is 6.48. The van der Waals surface area contributed by atoms with E-state index < -0.39 is 12.3 Å². The molecule has 0 aliphatic heterocycles. The maximum atomic E-state index is 12.8. The quantitative estimate of drug-likeness (QED) is 0.289. The Labute approximate surface area is 190 Å². The van der Waals surface area contributed by atoms with E-state index in [9.17, 15) is 22.8 Å². The Kier molecular flexibility index (Phi) is 7.47. The van der Waals surface area contributed by atoms with Crippen molar-refractivity contribution in [1.82, 2.24) is 14.9 Å². The first-order valence-corrected chi connectivity index (χ1v) is 10.6. The van der Waals surface area contributed by atoms with Gasteiger partial charge in [0.25, 0.3) is 5.56 Å². The van der Waals surface area contributed by atoms with Crippen LogP contribution in [0.15, 0.2) is 65.1 Å². The van der Waals surface area contributed by atoms with E-state index in [-0.39, 0.29) is 35.7 Å². The summed E-state index contributed by atoms with van der Waals surface area (Å²) < 4.78 is 43.0. The second kappa shape index (κ2) is 10.1. The van der Waals surface area contributed by atoms with E-state index >= 15 is 0 Å². The largest absolute Gasteiger partial charge is 0.573 e. The number of para-hydroxylation sites is 1. The third kappa shape index (κ3) is 6.04. The molecule has 0 saturated heterocycles. The molecule has 11 heteroatoms. The number of benzene rings is 2. The Bertz CT molecular complexity index is 1210. The Morgan fingerprint density at radius 2 is 2.03 bits per heavy atom. The summed E-state index contributed by atoms with van der Waals surface area (Å²) in [6.45, 7) is 3.67. The highest BCUT2D eigenvalue weighted by Gasteiger charge is 2.32. The predicted octanol–water partition coefficient (Wildman–Crippen LogP) is 4.54. The fourth-order valence-electron chi connectivity index (χ4n) is 2.82. The molecule has 0 radical (unpaired) electrons. The summed E-state index contributed by atoms with van der Waals surface area (Å²) in [5.41, 5.74) is 0.266. The number of alkyl halides is 3. The van der Waals surface area contributed by atoms with Gasteiger partial charge >= 0.3 is 6.36 Å². The summed E-state index contributed by atoms with van der Waals surface area (Å²) >= 11 is 7.00. The van der Waals surface area contributed by atoms with Crippen molar-refractivity contribution in [2.45, 2.75) is 24.6 Å². The number of amides is 1. The van der Waals surface area contributed by atoms with E-state index in [0.29, 0.717) is 21.1 Å². The molecule has 1 N–H and O–H groups in total. The van der Waals surface area contributed by atoms with Gasteiger partial charge in [-0.05, 0) is 24.3 Å². The molecule has 1 aromatic heterocycles. The molecule has 1 amide bonds. The number of allylic oxidation sites excluding steroid dienone is 1. The number of rotatable bonds is 8. The second-order valence-corrected chi connectivity index (χ2v) is 7.86. The number of hydrogen-bond donors (Lipinski definition) is 1. The normalized spacial score (nSPS) is 11.4. The fourth-order valence-corrected chi connectivity index (χ4v) is 3.83. The van der Waals surface area contributed by atoms with Gasteiger partial charge < -0.3 is 10.1 Å². The Hall–Kier alpha value is -2.98. The number of thioether (sulfide) groups is 1. The molecule has 0 atom stereocenters. The van der Waals surface area contributed by atoms with Crippen molar-refractivity contribution < 1.29 is 22.7 Å². The van der Waals surface area contributed by atoms with Gasteiger partial charge in [0.2, 0.25) is 5.91 Å². The van der Waals surface area contributed by atoms with Crippen molar-refractivity contribution in [3.8, 4) is 5.75 Å². The lowest BCUT2D eigenvalue weighted by Crippen LogP contribution is -2.27. The summed E-state index contributed by atoms with van der Waals surface area (Å²) in [5, 5.41) is 3.63. The van der Waals surface area contributed by atoms with Crippen molar-refractivity contribution in [2.75, 3.05) is 5.75 Å². The molecule has 6 nitrogen and oxygen atoms in total. The number of hydrogen-bond acceptors (Lipinski definition) is 5. The number of fused-ring (bicyclic) bond motifs is 1. The van der Waals surface area contributed by atoms with E-state index in [4.69, 9.17) is 11.6 Å². The minimum absolute atomic E-state index is 0.113. The number of carbonyl (C=O) groups excluding carboxylic acids is 1. The molecule has 0 aliphatic carbocycles. The van der Waals surface area contributed by atoms with E-state index in [0.717, 1.165) is 11.8 Å². The van der Waals surface area contributed by atoms with Crippen molar-refractivity contribution >= 4 is 40.2 Å². The van der Waals surface area contributed by atoms with Crippen LogP contribution in [0.3, 0.4) is 0 Å². The molecule has 0 saturated carbocycles. The maximum absolute atomic E-state index is 12.8. The van der Waals surface area contributed by atoms with Crippen LogP contribution in [0.25, 0.3) is 10.9 Å². The lowest BCUT2D eigenvalue weighted by atomic mass is 10.2. The fraction of sp³-hybridized carbons (Fsp3) is 0.190. The number of nitrogens with zero attached hydrogens (tertiary/aromatic N) is 2. The van der Waals surface area contributed by atoms with Crippen molar-refractivity contribution in [1.29, 1.82) is 0 Å². The molecule has 0 spiro atoms. The SMILES string of the molecule is C=CCn1c(SCC(=O)NCc2ccccc2OC(F)(F)F)nc2cc(Cl)ccc2c1=O. The standard InChI is InChI=1S/C21H17ClF3N3O3S/c1-2-9-28-19(30)15-8-7-14(22)10-16(15)27-20(28)32-12-18(29)26-11-13-5-3-4-6-17(13)31-21(23,24)25/h2-8,10H,1,9,11-12H2,(H,26,29). The third-order valence-corrected chi connectivity index (χ3v) is 5.41. The maximum Gasteiger partial charge on any atom is 0.573 e. The first-order chi connectivity index (χ1) is 15.2. The molecule has 0 bridgehead atoms. The van der Waals surface area contributed by atoms with Gasteiger partial charge in [0, 0.05) is 23.7 Å². The molecule has 2 aromatic carbocycles. The highest BCUT2D eigenvalue weighted by Crippen LogP contribution is 2.26. The van der Waals surface area contributed by atoms with Crippen LogP contribution >= 0.6 is 23.4 Å². The zero-order valence-corrected chi connectivity index (χ0v) is 18.1. The number of carbonyl (C=O) groups is 1. The lowest BCUT2D eigenvalue weighted by Gasteiger charge is -2.14. The summed E-state index contributed by atoms with van der Waals surface area (Å²) in [6.07, 6.45) is -3.30. The summed E-state index contributed by atoms with van der Waals surface area (Å²) in [6, 6.07) is 10.3. The molecular weight excluding hydrogens is 467 g/mol. The topological polar surface area (TPSA) is 73.2 Å². The number of aromatic nitrogens is 2. The molecule has 0 aliphatic rings. The van der Waals surface area contributed by atoms with E-state index in [2.05, 4.69) is 21.6 Å². The van der Waals surface area contributed by atoms with Gasteiger partial charge in [-0.2, -0.15) is 0 Å². The van der Waals surface area contributed by atoms with Gasteiger partial charge in [-0.3, -0.25) is 14.2 Å². The van der Waals surface area contributed by atoms with Gasteiger partial charge in [0.1, 0.15) is 5.75 Å². The molecule has 3 aromatic rings. The van der Waals surface area contributed by atoms with Crippen molar-refractivity contribution in [3.63, 3.8) is 0 Å². The van der Waals surface area contributed by atoms with Crippen LogP contribution in [0.5, 0.6) is 5.75 Å². The van der Waals surface area contributed by atoms with Crippen molar-refractivity contribution in [3.05, 3.63) is 76.1 Å². The summed E-state index contributed by atoms with van der Waals surface area (Å²) in [7, 11) is 0. The number of ether oxygens (including phenoxy) is 1. The highest BCUT2D eigenvalue weighted by atomic mass is 35.5. The number of nitrogens with one attached hydrogen (secondary N) is 1. The van der Waals surface area contributed by atoms with Crippen LogP contribution in [0, 0.1) is 0 Å². The van der Waals surface area contributed by atoms with Crippen LogP contribution in [-0.4, -0.2) is 27.6 Å². The molecule has 0 unspecified atom stereocenters. The van der Waals surface area contributed by atoms with Gasteiger partial charge in [-0.25, -0.2) is 4.98 Å². The molecule has 3 rings (SSSR count). The summed E-state index contributed by atoms with van der Waals surface area (Å²) in [4.78, 5) is 29.5. The average Bonchev–Trinajstić information content (AvgIpc) is 2.72. The van der Waals surface area contributed by atoms with Gasteiger partial charge in [0.05, 0.1) is 16.7 Å². The van der Waals surface area contributed by atoms with Crippen LogP contribution in [0.4, 0.5) is 13.2 Å². The Balaban J connectivity index is 1.72. The van der Waals surface area contributed by atoms with E-state index in [1.807, 2.05) is 0 Å². The van der Waals surface area contributed by atoms with Crippen LogP contribution in [0.1, 0.15) is 5.56 Å². The van der Waals surface area contributed by atoms with Crippen LogP contribution in [0.2, 0.25) is 5.02 Å². The predicted molar refractivity (Wildman–Crippen MR) is 117 cm³/mol. The Morgan fingerprint density at radius 3 is 2.75 bits per heavy atom. The minimum atomic E-state index is -4.84. The highest BCUT2D eigenvalue weighted by molar-refractivity contribution is 7.99. The first kappa shape index (κ1) is 23.7. The smallest absolute Gasteiger partial charge is 0.405 e. The van der Waals surface area contributed by atoms with Crippen LogP contribution < -0.4 is 15.6 Å². The van der Waals surface area contributed by atoms with Gasteiger partial charge in [-0.1, -0.05) is 47.6 Å². The molecular formula is C21H17ClF3N3O3S. The molecule has 0 fully saturated rings. The molecule has 168 valence electrons. The van der Waals surface area contributed by atoms with Crippen molar-refractivity contribution in [2.24, 2.45) is 0 Å². The zero-order chi connectivity index (χ0) is 23.3. The first-order valence-electron chi connectivity index (χ1n) is 9.22. The number of halogens is 4. The average molecular weight is 484 g/mol. The molecule has 1 heterocycles. The van der Waals surface area contributed by atoms with Gasteiger partial charge in [0.15, 0.2) is 5.16 Å². The minimum Gasteiger partial charge on any atom is -0.405 e. The van der Waals surface area contributed by atoms with E-state index in [1.54, 1.807) is 18.2 Å². The van der Waals surface area contributed by atoms with Gasteiger partial charge in [-0.15, -0.1) is 19.8 Å². The zero-order valence-electron chi connectivity index (χ0n) is 16.5. The monoisotopic (exact) mass is 483 g/mol. The molecule has 32 heavy (non-hydrogen) atoms.